The second-order valence-electron chi connectivity index (χ2n) is 6.47. The lowest BCUT2D eigenvalue weighted by Crippen LogP contribution is -2.54. The van der Waals surface area contributed by atoms with Crippen LogP contribution in [0.5, 0.6) is 0 Å². The topological polar surface area (TPSA) is 56.1 Å². The third-order valence-electron chi connectivity index (χ3n) is 4.75. The molecule has 5 nitrogen and oxygen atoms in total. The number of aromatic nitrogens is 2. The van der Waals surface area contributed by atoms with Crippen molar-refractivity contribution >= 4 is 5.82 Å². The molecule has 0 radical (unpaired) electrons. The lowest BCUT2D eigenvalue weighted by atomic mass is 9.96. The van der Waals surface area contributed by atoms with Gasteiger partial charge in [0.1, 0.15) is 17.7 Å². The number of hydrogen-bond donors (Lipinski definition) is 0. The smallest absolute Gasteiger partial charge is 0.135 e. The highest BCUT2D eigenvalue weighted by atomic mass is 15.3. The summed E-state index contributed by atoms with van der Waals surface area (Å²) in [7, 11) is 0. The van der Waals surface area contributed by atoms with Gasteiger partial charge in [-0.05, 0) is 39.5 Å². The molecule has 1 aliphatic carbocycles. The number of aryl methyl sites for hydroxylation is 1. The third kappa shape index (κ3) is 2.73. The van der Waals surface area contributed by atoms with Gasteiger partial charge in [-0.15, -0.1) is 0 Å². The molecule has 3 rings (SSSR count). The molecule has 1 fully saturated rings. The minimum absolute atomic E-state index is 0.378. The molecular formula is C16H23N5. The summed E-state index contributed by atoms with van der Waals surface area (Å²) in [6.45, 7) is 7.70. The Kier molecular flexibility index (Phi) is 3.81. The van der Waals surface area contributed by atoms with Crippen molar-refractivity contribution in [3.63, 3.8) is 0 Å². The maximum atomic E-state index is 9.26. The van der Waals surface area contributed by atoms with Crippen LogP contribution < -0.4 is 4.90 Å². The second-order valence-corrected chi connectivity index (χ2v) is 6.47. The Morgan fingerprint density at radius 3 is 2.52 bits per heavy atom. The van der Waals surface area contributed by atoms with Gasteiger partial charge < -0.3 is 4.90 Å². The molecule has 0 N–H and O–H groups in total. The monoisotopic (exact) mass is 285 g/mol. The molecule has 0 bridgehead atoms. The van der Waals surface area contributed by atoms with Crippen molar-refractivity contribution in [2.75, 3.05) is 31.1 Å². The minimum atomic E-state index is -0.378. The molecule has 2 heterocycles. The SMILES string of the molecule is CC(C)(C#N)N1CCN(c2ncnc3c2CCCC3)CC1. The number of fused-ring (bicyclic) bond motifs is 1. The molecule has 1 aliphatic heterocycles. The Bertz CT molecular complexity index is 552. The van der Waals surface area contributed by atoms with Crippen LogP contribution in [0.2, 0.25) is 0 Å². The summed E-state index contributed by atoms with van der Waals surface area (Å²) in [5.41, 5.74) is 2.22. The van der Waals surface area contributed by atoms with Crippen LogP contribution in [0.1, 0.15) is 37.9 Å². The predicted molar refractivity (Wildman–Crippen MR) is 82.2 cm³/mol. The Balaban J connectivity index is 1.75. The van der Waals surface area contributed by atoms with E-state index in [-0.39, 0.29) is 5.54 Å². The molecule has 0 amide bonds. The molecule has 1 saturated heterocycles. The van der Waals surface area contributed by atoms with E-state index >= 15 is 0 Å². The Hall–Kier alpha value is -1.67. The van der Waals surface area contributed by atoms with E-state index in [4.69, 9.17) is 0 Å². The molecular weight excluding hydrogens is 262 g/mol. The number of nitrogens with zero attached hydrogens (tertiary/aromatic N) is 5. The Labute approximate surface area is 126 Å². The van der Waals surface area contributed by atoms with Crippen LogP contribution in [-0.2, 0) is 12.8 Å². The lowest BCUT2D eigenvalue weighted by molar-refractivity contribution is 0.157. The van der Waals surface area contributed by atoms with Crippen molar-refractivity contribution in [2.45, 2.75) is 45.1 Å². The maximum Gasteiger partial charge on any atom is 0.135 e. The summed E-state index contributed by atoms with van der Waals surface area (Å²) >= 11 is 0. The number of anilines is 1. The molecule has 2 aliphatic rings. The van der Waals surface area contributed by atoms with Gasteiger partial charge in [0.2, 0.25) is 0 Å². The largest absolute Gasteiger partial charge is 0.354 e. The Morgan fingerprint density at radius 1 is 1.10 bits per heavy atom. The van der Waals surface area contributed by atoms with Gasteiger partial charge in [-0.1, -0.05) is 0 Å². The number of piperazine rings is 1. The third-order valence-corrected chi connectivity index (χ3v) is 4.75. The average molecular weight is 285 g/mol. The van der Waals surface area contributed by atoms with E-state index in [0.717, 1.165) is 44.8 Å². The van der Waals surface area contributed by atoms with Crippen LogP contribution in [0, 0.1) is 11.3 Å². The van der Waals surface area contributed by atoms with E-state index < -0.39 is 0 Å². The zero-order chi connectivity index (χ0) is 14.9. The van der Waals surface area contributed by atoms with Gasteiger partial charge in [-0.2, -0.15) is 5.26 Å². The highest BCUT2D eigenvalue weighted by Gasteiger charge is 2.31. The van der Waals surface area contributed by atoms with E-state index in [1.54, 1.807) is 6.33 Å². The lowest BCUT2D eigenvalue weighted by Gasteiger charge is -2.41. The molecule has 0 atom stereocenters. The van der Waals surface area contributed by atoms with Crippen LogP contribution in [0.15, 0.2) is 6.33 Å². The highest BCUT2D eigenvalue weighted by molar-refractivity contribution is 5.50. The van der Waals surface area contributed by atoms with Crippen molar-refractivity contribution in [3.05, 3.63) is 17.6 Å². The van der Waals surface area contributed by atoms with Crippen LogP contribution in [0.4, 0.5) is 5.82 Å². The first kappa shape index (κ1) is 14.3. The summed E-state index contributed by atoms with van der Waals surface area (Å²) in [5, 5.41) is 9.26. The molecule has 0 saturated carbocycles. The van der Waals surface area contributed by atoms with E-state index in [1.165, 1.54) is 24.1 Å². The van der Waals surface area contributed by atoms with Crippen LogP contribution >= 0.6 is 0 Å². The quantitative estimate of drug-likeness (QED) is 0.829. The predicted octanol–water partition coefficient (Wildman–Crippen LogP) is 1.78. The molecule has 112 valence electrons. The fourth-order valence-corrected chi connectivity index (χ4v) is 3.32. The molecule has 0 unspecified atom stereocenters. The van der Waals surface area contributed by atoms with Crippen molar-refractivity contribution in [3.8, 4) is 6.07 Å². The van der Waals surface area contributed by atoms with E-state index in [9.17, 15) is 5.26 Å². The summed E-state index contributed by atoms with van der Waals surface area (Å²) in [6, 6.07) is 2.40. The maximum absolute atomic E-state index is 9.26. The number of hydrogen-bond acceptors (Lipinski definition) is 5. The summed E-state index contributed by atoms with van der Waals surface area (Å²) in [6.07, 6.45) is 6.40. The number of nitriles is 1. The van der Waals surface area contributed by atoms with Gasteiger partial charge in [-0.25, -0.2) is 9.97 Å². The van der Waals surface area contributed by atoms with E-state index in [0.29, 0.717) is 0 Å². The Morgan fingerprint density at radius 2 is 1.81 bits per heavy atom. The van der Waals surface area contributed by atoms with Gasteiger partial charge in [0.05, 0.1) is 6.07 Å². The van der Waals surface area contributed by atoms with E-state index in [1.807, 2.05) is 13.8 Å². The molecule has 5 heteroatoms. The summed E-state index contributed by atoms with van der Waals surface area (Å²) in [5.74, 6) is 1.13. The average Bonchev–Trinajstić information content (AvgIpc) is 2.54. The van der Waals surface area contributed by atoms with Crippen LogP contribution in [0.25, 0.3) is 0 Å². The van der Waals surface area contributed by atoms with Crippen molar-refractivity contribution in [2.24, 2.45) is 0 Å². The van der Waals surface area contributed by atoms with Gasteiger partial charge in [-0.3, -0.25) is 4.90 Å². The molecule has 21 heavy (non-hydrogen) atoms. The molecule has 1 aromatic rings. The van der Waals surface area contributed by atoms with Crippen molar-refractivity contribution in [1.82, 2.24) is 14.9 Å². The van der Waals surface area contributed by atoms with E-state index in [2.05, 4.69) is 25.8 Å². The normalized spacial score (nSPS) is 20.0. The summed E-state index contributed by atoms with van der Waals surface area (Å²) < 4.78 is 0. The van der Waals surface area contributed by atoms with Gasteiger partial charge >= 0.3 is 0 Å². The minimum Gasteiger partial charge on any atom is -0.354 e. The zero-order valence-electron chi connectivity index (χ0n) is 13.0. The van der Waals surface area contributed by atoms with Gasteiger partial charge in [0.25, 0.3) is 0 Å². The molecule has 0 spiro atoms. The molecule has 1 aromatic heterocycles. The first-order chi connectivity index (χ1) is 10.1. The first-order valence-corrected chi connectivity index (χ1v) is 7.86. The van der Waals surface area contributed by atoms with Crippen LogP contribution in [-0.4, -0.2) is 46.6 Å². The highest BCUT2D eigenvalue weighted by Crippen LogP contribution is 2.28. The zero-order valence-corrected chi connectivity index (χ0v) is 13.0. The van der Waals surface area contributed by atoms with Crippen molar-refractivity contribution in [1.29, 1.82) is 5.26 Å². The number of rotatable bonds is 2. The standard InChI is InChI=1S/C16H23N5/c1-16(2,11-17)21-9-7-20(8-10-21)15-13-5-3-4-6-14(13)18-12-19-15/h12H,3-10H2,1-2H3. The van der Waals surface area contributed by atoms with Crippen LogP contribution in [0.3, 0.4) is 0 Å². The first-order valence-electron chi connectivity index (χ1n) is 7.86. The fourth-order valence-electron chi connectivity index (χ4n) is 3.32. The van der Waals surface area contributed by atoms with Crippen molar-refractivity contribution < 1.29 is 0 Å². The summed E-state index contributed by atoms with van der Waals surface area (Å²) in [4.78, 5) is 13.6. The van der Waals surface area contributed by atoms with Gasteiger partial charge in [0, 0.05) is 37.4 Å². The second kappa shape index (κ2) is 5.61. The fraction of sp³-hybridized carbons (Fsp3) is 0.688. The van der Waals surface area contributed by atoms with Gasteiger partial charge in [0.15, 0.2) is 0 Å². The molecule has 0 aromatic carbocycles.